The predicted octanol–water partition coefficient (Wildman–Crippen LogP) is 2.47. The Kier molecular flexibility index (Phi) is 4.29. The highest BCUT2D eigenvalue weighted by Crippen LogP contribution is 2.18. The molecule has 1 N–H and O–H groups in total. The molecule has 0 aliphatic heterocycles. The Morgan fingerprint density at radius 2 is 2.19 bits per heavy atom. The summed E-state index contributed by atoms with van der Waals surface area (Å²) in [6.07, 6.45) is 4.23. The molecule has 88 valence electrons. The highest BCUT2D eigenvalue weighted by molar-refractivity contribution is 7.98. The number of thioether (sulfide) groups is 1. The third-order valence-electron chi connectivity index (χ3n) is 1.89. The molecular formula is C11H17N3OS. The Balaban J connectivity index is 2.87. The van der Waals surface area contributed by atoms with Crippen molar-refractivity contribution < 1.29 is 4.79 Å². The van der Waals surface area contributed by atoms with Gasteiger partial charge in [0.05, 0.1) is 5.56 Å². The van der Waals surface area contributed by atoms with E-state index < -0.39 is 0 Å². The number of rotatable bonds is 4. The highest BCUT2D eigenvalue weighted by atomic mass is 32.2. The second-order valence-corrected chi connectivity index (χ2v) is 5.47. The quantitative estimate of drug-likeness (QED) is 0.497. The third kappa shape index (κ3) is 3.81. The standard InChI is InChI=1S/C11H17N3OS/c1-11(2,3)7-13-9-8(6-15)5-12-10(14-9)16-4/h5-6H,7H2,1-4H3,(H,12,13,14). The van der Waals surface area contributed by atoms with Gasteiger partial charge in [-0.1, -0.05) is 32.5 Å². The first-order valence-corrected chi connectivity index (χ1v) is 6.29. The number of aromatic nitrogens is 2. The minimum absolute atomic E-state index is 0.143. The van der Waals surface area contributed by atoms with Crippen molar-refractivity contribution in [3.8, 4) is 0 Å². The number of hydrogen-bond acceptors (Lipinski definition) is 5. The summed E-state index contributed by atoms with van der Waals surface area (Å²) in [5, 5.41) is 3.85. The van der Waals surface area contributed by atoms with Crippen molar-refractivity contribution in [2.75, 3.05) is 18.1 Å². The van der Waals surface area contributed by atoms with Crippen LogP contribution in [0.25, 0.3) is 0 Å². The van der Waals surface area contributed by atoms with Gasteiger partial charge in [-0.2, -0.15) is 0 Å². The molecule has 0 aliphatic rings. The topological polar surface area (TPSA) is 54.9 Å². The van der Waals surface area contributed by atoms with Gasteiger partial charge < -0.3 is 5.32 Å². The van der Waals surface area contributed by atoms with Gasteiger partial charge in [-0.05, 0) is 11.7 Å². The van der Waals surface area contributed by atoms with Crippen LogP contribution in [0.1, 0.15) is 31.1 Å². The molecule has 16 heavy (non-hydrogen) atoms. The second-order valence-electron chi connectivity index (χ2n) is 4.69. The van der Waals surface area contributed by atoms with Crippen LogP contribution in [-0.2, 0) is 0 Å². The van der Waals surface area contributed by atoms with Crippen molar-refractivity contribution in [3.63, 3.8) is 0 Å². The number of anilines is 1. The summed E-state index contributed by atoms with van der Waals surface area (Å²) in [6, 6.07) is 0. The molecule has 0 amide bonds. The minimum Gasteiger partial charge on any atom is -0.369 e. The van der Waals surface area contributed by atoms with Crippen LogP contribution in [-0.4, -0.2) is 29.1 Å². The Bertz CT molecular complexity index is 374. The fourth-order valence-electron chi connectivity index (χ4n) is 1.05. The molecule has 1 aromatic rings. The maximum atomic E-state index is 10.8. The fraction of sp³-hybridized carbons (Fsp3) is 0.545. The van der Waals surface area contributed by atoms with Crippen molar-refractivity contribution in [1.29, 1.82) is 0 Å². The maximum absolute atomic E-state index is 10.8. The summed E-state index contributed by atoms with van der Waals surface area (Å²) < 4.78 is 0. The zero-order chi connectivity index (χ0) is 12.2. The van der Waals surface area contributed by atoms with E-state index in [0.717, 1.165) is 12.8 Å². The van der Waals surface area contributed by atoms with Crippen molar-refractivity contribution >= 4 is 23.9 Å². The van der Waals surface area contributed by atoms with E-state index in [1.54, 1.807) is 6.20 Å². The first-order chi connectivity index (χ1) is 7.46. The third-order valence-corrected chi connectivity index (χ3v) is 2.45. The molecule has 1 aromatic heterocycles. The molecule has 0 aromatic carbocycles. The van der Waals surface area contributed by atoms with Crippen molar-refractivity contribution in [2.45, 2.75) is 25.9 Å². The van der Waals surface area contributed by atoms with E-state index in [1.807, 2.05) is 6.26 Å². The van der Waals surface area contributed by atoms with E-state index in [9.17, 15) is 4.79 Å². The lowest BCUT2D eigenvalue weighted by Crippen LogP contribution is -2.20. The Hall–Kier alpha value is -1.10. The van der Waals surface area contributed by atoms with E-state index in [-0.39, 0.29) is 5.41 Å². The van der Waals surface area contributed by atoms with Gasteiger partial charge in [0.15, 0.2) is 11.4 Å². The van der Waals surface area contributed by atoms with Crippen molar-refractivity contribution in [2.24, 2.45) is 5.41 Å². The van der Waals surface area contributed by atoms with Gasteiger partial charge in [-0.3, -0.25) is 4.79 Å². The molecule has 4 nitrogen and oxygen atoms in total. The summed E-state index contributed by atoms with van der Waals surface area (Å²) in [4.78, 5) is 19.2. The monoisotopic (exact) mass is 239 g/mol. The lowest BCUT2D eigenvalue weighted by molar-refractivity contribution is 0.112. The van der Waals surface area contributed by atoms with Gasteiger partial charge in [0, 0.05) is 12.7 Å². The molecule has 0 saturated heterocycles. The van der Waals surface area contributed by atoms with Crippen LogP contribution < -0.4 is 5.32 Å². The summed E-state index contributed by atoms with van der Waals surface area (Å²) >= 11 is 1.46. The van der Waals surface area contributed by atoms with Crippen LogP contribution in [0, 0.1) is 5.41 Å². The zero-order valence-corrected chi connectivity index (χ0v) is 10.9. The molecular weight excluding hydrogens is 222 g/mol. The van der Waals surface area contributed by atoms with Gasteiger partial charge >= 0.3 is 0 Å². The highest BCUT2D eigenvalue weighted by Gasteiger charge is 2.12. The van der Waals surface area contributed by atoms with Gasteiger partial charge in [0.1, 0.15) is 5.82 Å². The number of carbonyl (C=O) groups is 1. The van der Waals surface area contributed by atoms with Crippen LogP contribution in [0.15, 0.2) is 11.4 Å². The smallest absolute Gasteiger partial charge is 0.189 e. The van der Waals surface area contributed by atoms with Gasteiger partial charge in [-0.25, -0.2) is 9.97 Å². The summed E-state index contributed by atoms with van der Waals surface area (Å²) in [5.74, 6) is 0.615. The minimum atomic E-state index is 0.143. The van der Waals surface area contributed by atoms with Crippen LogP contribution in [0.5, 0.6) is 0 Å². The number of aldehydes is 1. The first-order valence-electron chi connectivity index (χ1n) is 5.06. The average molecular weight is 239 g/mol. The molecule has 0 atom stereocenters. The van der Waals surface area contributed by atoms with Crippen LogP contribution in [0.4, 0.5) is 5.82 Å². The molecule has 0 bridgehead atoms. The molecule has 0 radical (unpaired) electrons. The molecule has 1 heterocycles. The van der Waals surface area contributed by atoms with Gasteiger partial charge in [0.25, 0.3) is 0 Å². The number of nitrogens with one attached hydrogen (secondary N) is 1. The molecule has 0 saturated carbocycles. The summed E-state index contributed by atoms with van der Waals surface area (Å²) in [5.41, 5.74) is 0.645. The normalized spacial score (nSPS) is 11.2. The van der Waals surface area contributed by atoms with E-state index in [4.69, 9.17) is 0 Å². The van der Waals surface area contributed by atoms with Crippen LogP contribution in [0.2, 0.25) is 0 Å². The Morgan fingerprint density at radius 3 is 2.69 bits per heavy atom. The lowest BCUT2D eigenvalue weighted by Gasteiger charge is -2.19. The molecule has 0 spiro atoms. The molecule has 5 heteroatoms. The number of hydrogen-bond donors (Lipinski definition) is 1. The average Bonchev–Trinajstić information content (AvgIpc) is 2.25. The summed E-state index contributed by atoms with van der Waals surface area (Å²) in [6.45, 7) is 7.13. The lowest BCUT2D eigenvalue weighted by atomic mass is 9.97. The Labute approximate surface area is 100 Å². The molecule has 0 aliphatic carbocycles. The maximum Gasteiger partial charge on any atom is 0.189 e. The molecule has 1 rings (SSSR count). The number of carbonyl (C=O) groups excluding carboxylic acids is 1. The second kappa shape index (κ2) is 5.30. The zero-order valence-electron chi connectivity index (χ0n) is 10.1. The molecule has 0 unspecified atom stereocenters. The van der Waals surface area contributed by atoms with E-state index in [1.165, 1.54) is 11.8 Å². The Morgan fingerprint density at radius 1 is 1.50 bits per heavy atom. The van der Waals surface area contributed by atoms with E-state index in [2.05, 4.69) is 36.1 Å². The van der Waals surface area contributed by atoms with E-state index >= 15 is 0 Å². The summed E-state index contributed by atoms with van der Waals surface area (Å²) in [7, 11) is 0. The van der Waals surface area contributed by atoms with Crippen molar-refractivity contribution in [1.82, 2.24) is 9.97 Å². The first kappa shape index (κ1) is 13.0. The SMILES string of the molecule is CSc1ncc(C=O)c(NCC(C)(C)C)n1. The van der Waals surface area contributed by atoms with Crippen molar-refractivity contribution in [3.05, 3.63) is 11.8 Å². The molecule has 0 fully saturated rings. The fourth-order valence-corrected chi connectivity index (χ4v) is 1.39. The van der Waals surface area contributed by atoms with Crippen LogP contribution in [0.3, 0.4) is 0 Å². The van der Waals surface area contributed by atoms with E-state index in [0.29, 0.717) is 16.5 Å². The van der Waals surface area contributed by atoms with Gasteiger partial charge in [0.2, 0.25) is 0 Å². The van der Waals surface area contributed by atoms with Crippen LogP contribution >= 0.6 is 11.8 Å². The van der Waals surface area contributed by atoms with Gasteiger partial charge in [-0.15, -0.1) is 0 Å². The largest absolute Gasteiger partial charge is 0.369 e. The number of nitrogens with zero attached hydrogens (tertiary/aromatic N) is 2. The predicted molar refractivity (Wildman–Crippen MR) is 67.1 cm³/mol.